The van der Waals surface area contributed by atoms with Gasteiger partial charge in [-0.05, 0) is 38.5 Å². The first-order valence-corrected chi connectivity index (χ1v) is 7.65. The number of primary amides is 1. The Balaban J connectivity index is 2.03. The van der Waals surface area contributed by atoms with Crippen molar-refractivity contribution in [3.63, 3.8) is 0 Å². The first-order chi connectivity index (χ1) is 9.57. The monoisotopic (exact) mass is 278 g/mol. The second kappa shape index (κ2) is 6.55. The molecule has 0 radical (unpaired) electrons. The highest BCUT2D eigenvalue weighted by Gasteiger charge is 2.47. The molecule has 2 rings (SSSR count). The number of carbonyl (C=O) groups is 1. The van der Waals surface area contributed by atoms with E-state index < -0.39 is 5.60 Å². The van der Waals surface area contributed by atoms with E-state index in [0.717, 1.165) is 25.7 Å². The van der Waals surface area contributed by atoms with Crippen LogP contribution in [-0.4, -0.2) is 29.7 Å². The summed E-state index contributed by atoms with van der Waals surface area (Å²) >= 11 is 0. The highest BCUT2D eigenvalue weighted by Crippen LogP contribution is 2.36. The summed E-state index contributed by atoms with van der Waals surface area (Å²) in [5, 5.41) is 1.81. The summed E-state index contributed by atoms with van der Waals surface area (Å²) in [7, 11) is 1.89. The summed E-state index contributed by atoms with van der Waals surface area (Å²) in [5.74, 6) is -0.335. The largest absolute Gasteiger partial charge is 0.367 e. The van der Waals surface area contributed by atoms with Gasteiger partial charge in [-0.15, -0.1) is 0 Å². The van der Waals surface area contributed by atoms with E-state index in [0.29, 0.717) is 12.8 Å². The van der Waals surface area contributed by atoms with Crippen molar-refractivity contribution >= 4 is 5.91 Å². The predicted molar refractivity (Wildman–Crippen MR) is 79.8 cm³/mol. The van der Waals surface area contributed by atoms with Crippen LogP contribution in [0.4, 0.5) is 0 Å². The number of nitrogens with zero attached hydrogens (tertiary/aromatic N) is 1. The molecule has 0 aromatic rings. The normalized spacial score (nSPS) is 31.1. The fourth-order valence-electron chi connectivity index (χ4n) is 3.07. The minimum atomic E-state index is -0.823. The van der Waals surface area contributed by atoms with Crippen molar-refractivity contribution in [3.05, 3.63) is 23.8 Å². The SMILES string of the molecule is CCC1CC(CCC2=CCCCC=C2)(C(N)=O)ON1C. The Labute approximate surface area is 121 Å². The molecule has 1 amide bonds. The lowest BCUT2D eigenvalue weighted by Gasteiger charge is -2.24. The maximum atomic E-state index is 11.9. The van der Waals surface area contributed by atoms with Crippen LogP contribution >= 0.6 is 0 Å². The maximum absolute atomic E-state index is 11.9. The van der Waals surface area contributed by atoms with Gasteiger partial charge in [-0.1, -0.05) is 30.7 Å². The van der Waals surface area contributed by atoms with Crippen molar-refractivity contribution in [1.29, 1.82) is 0 Å². The zero-order valence-corrected chi connectivity index (χ0v) is 12.6. The van der Waals surface area contributed by atoms with Crippen molar-refractivity contribution in [3.8, 4) is 0 Å². The summed E-state index contributed by atoms with van der Waals surface area (Å²) in [5.41, 5.74) is 6.11. The molecule has 4 heteroatoms. The third kappa shape index (κ3) is 3.30. The maximum Gasteiger partial charge on any atom is 0.251 e. The molecule has 2 aliphatic rings. The number of allylic oxidation sites excluding steroid dienone is 4. The fraction of sp³-hybridized carbons (Fsp3) is 0.688. The molecule has 4 nitrogen and oxygen atoms in total. The summed E-state index contributed by atoms with van der Waals surface area (Å²) in [6.45, 7) is 2.11. The average Bonchev–Trinajstić information content (AvgIpc) is 2.61. The molecule has 1 heterocycles. The van der Waals surface area contributed by atoms with E-state index >= 15 is 0 Å². The van der Waals surface area contributed by atoms with Gasteiger partial charge < -0.3 is 5.73 Å². The summed E-state index contributed by atoms with van der Waals surface area (Å²) < 4.78 is 0. The van der Waals surface area contributed by atoms with Gasteiger partial charge in [0.2, 0.25) is 0 Å². The number of amides is 1. The van der Waals surface area contributed by atoms with Gasteiger partial charge in [0.15, 0.2) is 5.60 Å². The van der Waals surface area contributed by atoms with Gasteiger partial charge in [0.1, 0.15) is 0 Å². The van der Waals surface area contributed by atoms with E-state index in [2.05, 4.69) is 25.2 Å². The second-order valence-corrected chi connectivity index (χ2v) is 5.87. The minimum absolute atomic E-state index is 0.279. The Morgan fingerprint density at radius 2 is 2.35 bits per heavy atom. The number of hydrogen-bond acceptors (Lipinski definition) is 3. The number of carbonyl (C=O) groups excluding carboxylic acids is 1. The summed E-state index contributed by atoms with van der Waals surface area (Å²) in [4.78, 5) is 17.7. The van der Waals surface area contributed by atoms with Crippen LogP contribution in [0.1, 0.15) is 51.9 Å². The van der Waals surface area contributed by atoms with Crippen LogP contribution in [0.15, 0.2) is 23.8 Å². The van der Waals surface area contributed by atoms with E-state index in [1.165, 1.54) is 12.0 Å². The third-order valence-corrected chi connectivity index (χ3v) is 4.45. The molecular formula is C16H26N2O2. The Morgan fingerprint density at radius 3 is 3.00 bits per heavy atom. The Hall–Kier alpha value is -1.13. The molecule has 20 heavy (non-hydrogen) atoms. The first-order valence-electron chi connectivity index (χ1n) is 7.65. The Kier molecular flexibility index (Phi) is 5.00. The Bertz CT molecular complexity index is 417. The van der Waals surface area contributed by atoms with Crippen molar-refractivity contribution in [2.24, 2.45) is 5.73 Å². The lowest BCUT2D eigenvalue weighted by Crippen LogP contribution is -2.44. The third-order valence-electron chi connectivity index (χ3n) is 4.45. The van der Waals surface area contributed by atoms with Crippen LogP contribution in [-0.2, 0) is 9.63 Å². The molecule has 2 atom stereocenters. The number of nitrogens with two attached hydrogens (primary N) is 1. The van der Waals surface area contributed by atoms with Crippen LogP contribution in [0.25, 0.3) is 0 Å². The fourth-order valence-corrected chi connectivity index (χ4v) is 3.07. The number of hydrogen-bond donors (Lipinski definition) is 1. The molecule has 1 fully saturated rings. The van der Waals surface area contributed by atoms with Gasteiger partial charge in [-0.2, -0.15) is 5.06 Å². The first kappa shape index (κ1) is 15.3. The standard InChI is InChI=1S/C16H26N2O2/c1-3-14-12-16(15(17)19,20-18(14)2)11-10-13-8-6-4-5-7-9-13/h6,8-9,14H,3-5,7,10-12H2,1-2H3,(H2,17,19). The molecular weight excluding hydrogens is 252 g/mol. The van der Waals surface area contributed by atoms with Gasteiger partial charge in [0.05, 0.1) is 0 Å². The predicted octanol–water partition coefficient (Wildman–Crippen LogP) is 2.70. The molecule has 0 bridgehead atoms. The van der Waals surface area contributed by atoms with Gasteiger partial charge in [0.25, 0.3) is 5.91 Å². The highest BCUT2D eigenvalue weighted by molar-refractivity contribution is 5.83. The minimum Gasteiger partial charge on any atom is -0.367 e. The summed E-state index contributed by atoms with van der Waals surface area (Å²) in [6, 6.07) is 0.279. The van der Waals surface area contributed by atoms with Crippen molar-refractivity contribution in [2.45, 2.75) is 63.5 Å². The van der Waals surface area contributed by atoms with E-state index in [-0.39, 0.29) is 11.9 Å². The van der Waals surface area contributed by atoms with Crippen molar-refractivity contribution in [1.82, 2.24) is 5.06 Å². The van der Waals surface area contributed by atoms with Crippen LogP contribution in [0.3, 0.4) is 0 Å². The second-order valence-electron chi connectivity index (χ2n) is 5.87. The van der Waals surface area contributed by atoms with Gasteiger partial charge in [0, 0.05) is 19.5 Å². The van der Waals surface area contributed by atoms with Crippen molar-refractivity contribution in [2.75, 3.05) is 7.05 Å². The highest BCUT2D eigenvalue weighted by atomic mass is 16.7. The molecule has 0 aromatic carbocycles. The van der Waals surface area contributed by atoms with Crippen LogP contribution in [0, 0.1) is 0 Å². The van der Waals surface area contributed by atoms with E-state index in [9.17, 15) is 4.79 Å². The Morgan fingerprint density at radius 1 is 1.55 bits per heavy atom. The zero-order valence-electron chi connectivity index (χ0n) is 12.6. The molecule has 0 saturated carbocycles. The molecule has 0 aromatic heterocycles. The van der Waals surface area contributed by atoms with E-state index in [4.69, 9.17) is 10.6 Å². The zero-order chi connectivity index (χ0) is 14.6. The van der Waals surface area contributed by atoms with E-state index in [1.54, 1.807) is 0 Å². The number of rotatable bonds is 5. The molecule has 1 saturated heterocycles. The van der Waals surface area contributed by atoms with Gasteiger partial charge in [-0.25, -0.2) is 0 Å². The molecule has 112 valence electrons. The topological polar surface area (TPSA) is 55.6 Å². The van der Waals surface area contributed by atoms with Gasteiger partial charge >= 0.3 is 0 Å². The smallest absolute Gasteiger partial charge is 0.251 e. The lowest BCUT2D eigenvalue weighted by molar-refractivity contribution is -0.195. The molecule has 2 N–H and O–H groups in total. The van der Waals surface area contributed by atoms with Crippen molar-refractivity contribution < 1.29 is 9.63 Å². The van der Waals surface area contributed by atoms with Crippen LogP contribution < -0.4 is 5.73 Å². The molecule has 0 spiro atoms. The lowest BCUT2D eigenvalue weighted by atomic mass is 9.88. The van der Waals surface area contributed by atoms with Gasteiger partial charge in [-0.3, -0.25) is 9.63 Å². The summed E-state index contributed by atoms with van der Waals surface area (Å²) in [6.07, 6.45) is 13.3. The van der Waals surface area contributed by atoms with Crippen LogP contribution in [0.2, 0.25) is 0 Å². The van der Waals surface area contributed by atoms with E-state index in [1.807, 2.05) is 12.1 Å². The van der Waals surface area contributed by atoms with Crippen LogP contribution in [0.5, 0.6) is 0 Å². The number of hydroxylamine groups is 2. The average molecular weight is 278 g/mol. The molecule has 1 aliphatic carbocycles. The molecule has 1 aliphatic heterocycles. The molecule has 2 unspecified atom stereocenters. The quantitative estimate of drug-likeness (QED) is 0.841.